The number of morpholine rings is 1. The maximum Gasteiger partial charge on any atom is 0.254 e. The van der Waals surface area contributed by atoms with Crippen LogP contribution in [0.4, 0.5) is 5.69 Å². The van der Waals surface area contributed by atoms with Gasteiger partial charge in [0.05, 0.1) is 24.4 Å². The normalized spacial score (nSPS) is 25.2. The molecule has 5 nitrogen and oxygen atoms in total. The molecule has 3 rings (SSSR count). The smallest absolute Gasteiger partial charge is 0.254 e. The minimum absolute atomic E-state index is 0.00390. The molecule has 2 aliphatic rings. The number of anilines is 1. The van der Waals surface area contributed by atoms with Crippen molar-refractivity contribution >= 4 is 29.3 Å². The van der Waals surface area contributed by atoms with E-state index in [0.29, 0.717) is 25.1 Å². The predicted octanol–water partition coefficient (Wildman–Crippen LogP) is 2.37. The number of hydrogen-bond acceptors (Lipinski definition) is 4. The van der Waals surface area contributed by atoms with Gasteiger partial charge in [0.25, 0.3) is 5.91 Å². The van der Waals surface area contributed by atoms with E-state index in [0.717, 1.165) is 16.3 Å². The lowest BCUT2D eigenvalue weighted by atomic mass is 10.1. The minimum Gasteiger partial charge on any atom is -0.375 e. The van der Waals surface area contributed by atoms with Crippen LogP contribution >= 0.6 is 11.8 Å². The van der Waals surface area contributed by atoms with E-state index >= 15 is 0 Å². The number of thioether (sulfide) groups is 1. The molecule has 22 heavy (non-hydrogen) atoms. The van der Waals surface area contributed by atoms with Gasteiger partial charge in [-0.1, -0.05) is 0 Å². The van der Waals surface area contributed by atoms with Gasteiger partial charge >= 0.3 is 0 Å². The van der Waals surface area contributed by atoms with Crippen LogP contribution in [0.25, 0.3) is 0 Å². The number of carbonyl (C=O) groups is 2. The number of hydrogen-bond donors (Lipinski definition) is 1. The standard InChI is InChI=1S/C16H20N2O3S/c1-10-9-21-11(2)8-18(10)16(20)12-3-4-14-13(7-12)17-15(19)5-6-22-14/h3-4,7,10-11H,5-6,8-9H2,1-2H3,(H,17,19)/t10-,11-/m1/s1. The van der Waals surface area contributed by atoms with Crippen molar-refractivity contribution in [2.24, 2.45) is 0 Å². The number of fused-ring (bicyclic) bond motifs is 1. The highest BCUT2D eigenvalue weighted by Gasteiger charge is 2.28. The van der Waals surface area contributed by atoms with Gasteiger partial charge in [0.15, 0.2) is 0 Å². The number of nitrogens with one attached hydrogen (secondary N) is 1. The maximum atomic E-state index is 12.8. The molecule has 0 aliphatic carbocycles. The van der Waals surface area contributed by atoms with Crippen LogP contribution in [0.3, 0.4) is 0 Å². The summed E-state index contributed by atoms with van der Waals surface area (Å²) < 4.78 is 5.57. The van der Waals surface area contributed by atoms with Crippen molar-refractivity contribution in [1.82, 2.24) is 4.90 Å². The number of rotatable bonds is 1. The third kappa shape index (κ3) is 3.13. The molecule has 0 saturated carbocycles. The van der Waals surface area contributed by atoms with Crippen molar-refractivity contribution in [2.75, 3.05) is 24.2 Å². The van der Waals surface area contributed by atoms with Gasteiger partial charge in [0, 0.05) is 29.2 Å². The van der Waals surface area contributed by atoms with Gasteiger partial charge in [-0.25, -0.2) is 0 Å². The number of ether oxygens (including phenoxy) is 1. The summed E-state index contributed by atoms with van der Waals surface area (Å²) in [6.07, 6.45) is 0.553. The van der Waals surface area contributed by atoms with Crippen LogP contribution in [0.2, 0.25) is 0 Å². The number of carbonyl (C=O) groups excluding carboxylic acids is 2. The average molecular weight is 320 g/mol. The zero-order valence-electron chi connectivity index (χ0n) is 12.8. The summed E-state index contributed by atoms with van der Waals surface area (Å²) >= 11 is 1.64. The molecule has 1 N–H and O–H groups in total. The van der Waals surface area contributed by atoms with Gasteiger partial charge in [0.1, 0.15) is 0 Å². The molecule has 0 aromatic heterocycles. The first-order valence-electron chi connectivity index (χ1n) is 7.54. The summed E-state index contributed by atoms with van der Waals surface area (Å²) in [5, 5.41) is 2.89. The molecule has 1 saturated heterocycles. The lowest BCUT2D eigenvalue weighted by Crippen LogP contribution is -2.50. The predicted molar refractivity (Wildman–Crippen MR) is 86.3 cm³/mol. The Kier molecular flexibility index (Phi) is 4.40. The lowest BCUT2D eigenvalue weighted by molar-refractivity contribution is -0.115. The summed E-state index contributed by atoms with van der Waals surface area (Å²) in [7, 11) is 0. The number of nitrogens with zero attached hydrogens (tertiary/aromatic N) is 1. The lowest BCUT2D eigenvalue weighted by Gasteiger charge is -2.37. The quantitative estimate of drug-likeness (QED) is 0.863. The van der Waals surface area contributed by atoms with E-state index in [1.54, 1.807) is 17.8 Å². The summed E-state index contributed by atoms with van der Waals surface area (Å²) in [6, 6.07) is 5.62. The molecule has 1 fully saturated rings. The van der Waals surface area contributed by atoms with E-state index in [9.17, 15) is 9.59 Å². The van der Waals surface area contributed by atoms with E-state index in [2.05, 4.69) is 5.32 Å². The number of amides is 2. The molecule has 0 bridgehead atoms. The monoisotopic (exact) mass is 320 g/mol. The van der Waals surface area contributed by atoms with Crippen LogP contribution in [0.5, 0.6) is 0 Å². The molecule has 2 aliphatic heterocycles. The molecule has 6 heteroatoms. The van der Waals surface area contributed by atoms with Crippen molar-refractivity contribution in [1.29, 1.82) is 0 Å². The van der Waals surface area contributed by atoms with Gasteiger partial charge in [-0.3, -0.25) is 9.59 Å². The zero-order chi connectivity index (χ0) is 15.7. The van der Waals surface area contributed by atoms with E-state index in [-0.39, 0.29) is 24.0 Å². The Balaban J connectivity index is 1.85. The van der Waals surface area contributed by atoms with Crippen molar-refractivity contribution in [3.05, 3.63) is 23.8 Å². The Morgan fingerprint density at radius 2 is 2.23 bits per heavy atom. The molecule has 0 spiro atoms. The molecule has 2 atom stereocenters. The summed E-state index contributed by atoms with van der Waals surface area (Å²) in [4.78, 5) is 27.3. The molecule has 0 radical (unpaired) electrons. The second-order valence-electron chi connectivity index (χ2n) is 5.81. The highest BCUT2D eigenvalue weighted by atomic mass is 32.2. The second-order valence-corrected chi connectivity index (χ2v) is 6.94. The average Bonchev–Trinajstić information content (AvgIpc) is 2.68. The SMILES string of the molecule is C[C@@H]1CN(C(=O)c2ccc3c(c2)NC(=O)CCS3)[C@H](C)CO1. The first-order valence-corrected chi connectivity index (χ1v) is 8.52. The van der Waals surface area contributed by atoms with Crippen LogP contribution in [0.1, 0.15) is 30.6 Å². The molecular weight excluding hydrogens is 300 g/mol. The molecule has 1 aromatic carbocycles. The third-order valence-corrected chi connectivity index (χ3v) is 5.03. The fourth-order valence-electron chi connectivity index (χ4n) is 2.70. The van der Waals surface area contributed by atoms with E-state index in [4.69, 9.17) is 4.74 Å². The Morgan fingerprint density at radius 3 is 3.05 bits per heavy atom. The Hall–Kier alpha value is -1.53. The second kappa shape index (κ2) is 6.30. The third-order valence-electron chi connectivity index (χ3n) is 3.96. The van der Waals surface area contributed by atoms with Crippen molar-refractivity contribution in [3.8, 4) is 0 Å². The molecule has 118 valence electrons. The fraction of sp³-hybridized carbons (Fsp3) is 0.500. The minimum atomic E-state index is -0.00561. The molecule has 1 aromatic rings. The number of benzene rings is 1. The summed E-state index contributed by atoms with van der Waals surface area (Å²) in [5.41, 5.74) is 1.36. The molecule has 0 unspecified atom stereocenters. The summed E-state index contributed by atoms with van der Waals surface area (Å²) in [6.45, 7) is 5.12. The molecular formula is C16H20N2O3S. The highest BCUT2D eigenvalue weighted by Crippen LogP contribution is 2.32. The van der Waals surface area contributed by atoms with Crippen LogP contribution in [-0.2, 0) is 9.53 Å². The topological polar surface area (TPSA) is 58.6 Å². The van der Waals surface area contributed by atoms with E-state index < -0.39 is 0 Å². The van der Waals surface area contributed by atoms with Gasteiger partial charge in [-0.05, 0) is 32.0 Å². The van der Waals surface area contributed by atoms with Crippen molar-refractivity contribution < 1.29 is 14.3 Å². The van der Waals surface area contributed by atoms with Crippen LogP contribution in [-0.4, -0.2) is 47.8 Å². The van der Waals surface area contributed by atoms with Gasteiger partial charge in [-0.15, -0.1) is 11.8 Å². The Morgan fingerprint density at radius 1 is 1.41 bits per heavy atom. The highest BCUT2D eigenvalue weighted by molar-refractivity contribution is 7.99. The van der Waals surface area contributed by atoms with Gasteiger partial charge < -0.3 is 15.0 Å². The first-order chi connectivity index (χ1) is 10.5. The zero-order valence-corrected chi connectivity index (χ0v) is 13.6. The van der Waals surface area contributed by atoms with Crippen LogP contribution in [0.15, 0.2) is 23.1 Å². The largest absolute Gasteiger partial charge is 0.375 e. The fourth-order valence-corrected chi connectivity index (χ4v) is 3.64. The Bertz CT molecular complexity index is 605. The van der Waals surface area contributed by atoms with Crippen LogP contribution in [0, 0.1) is 0 Å². The van der Waals surface area contributed by atoms with Gasteiger partial charge in [-0.2, -0.15) is 0 Å². The van der Waals surface area contributed by atoms with E-state index in [1.807, 2.05) is 30.9 Å². The molecule has 2 heterocycles. The van der Waals surface area contributed by atoms with Crippen LogP contribution < -0.4 is 5.32 Å². The Labute approximate surface area is 134 Å². The first kappa shape index (κ1) is 15.4. The van der Waals surface area contributed by atoms with E-state index in [1.165, 1.54) is 0 Å². The van der Waals surface area contributed by atoms with Crippen molar-refractivity contribution in [2.45, 2.75) is 37.3 Å². The molecule has 2 amide bonds. The van der Waals surface area contributed by atoms with Gasteiger partial charge in [0.2, 0.25) is 5.91 Å². The van der Waals surface area contributed by atoms with Crippen molar-refractivity contribution in [3.63, 3.8) is 0 Å². The summed E-state index contributed by atoms with van der Waals surface area (Å²) in [5.74, 6) is 0.766. The maximum absolute atomic E-state index is 12.8.